The van der Waals surface area contributed by atoms with E-state index >= 15 is 0 Å². The monoisotopic (exact) mass is 448 g/mol. The molecule has 0 aliphatic rings. The molecule has 3 aromatic rings. The van der Waals surface area contributed by atoms with E-state index in [1.807, 2.05) is 13.0 Å². The van der Waals surface area contributed by atoms with Crippen LogP contribution in [0.3, 0.4) is 0 Å². The molecule has 0 spiro atoms. The number of nitrogens with two attached hydrogens (primary N) is 1. The van der Waals surface area contributed by atoms with Gasteiger partial charge in [0.05, 0.1) is 30.5 Å². The van der Waals surface area contributed by atoms with Crippen LogP contribution in [-0.4, -0.2) is 41.0 Å². The lowest BCUT2D eigenvalue weighted by atomic mass is 10.2. The van der Waals surface area contributed by atoms with Gasteiger partial charge in [-0.3, -0.25) is 9.59 Å². The van der Waals surface area contributed by atoms with Gasteiger partial charge in [-0.05, 0) is 31.5 Å². The minimum Gasteiger partial charge on any atom is -0.492 e. The number of esters is 1. The van der Waals surface area contributed by atoms with Gasteiger partial charge < -0.3 is 20.6 Å². The van der Waals surface area contributed by atoms with E-state index in [1.54, 1.807) is 25.1 Å². The number of para-hydroxylation sites is 2. The van der Waals surface area contributed by atoms with Crippen LogP contribution < -0.4 is 21.5 Å². The SMILES string of the molecule is CCOc1ccccc1NC(=O)CSc1nc2sc(C(=O)OC)c(C)c2c(=O)n1N. The van der Waals surface area contributed by atoms with Gasteiger partial charge in [0.2, 0.25) is 5.91 Å². The Kier molecular flexibility index (Phi) is 6.63. The van der Waals surface area contributed by atoms with Crippen LogP contribution in [-0.2, 0) is 9.53 Å². The van der Waals surface area contributed by atoms with Crippen LogP contribution in [0.15, 0.2) is 34.2 Å². The van der Waals surface area contributed by atoms with Crippen LogP contribution in [0.5, 0.6) is 5.75 Å². The molecule has 30 heavy (non-hydrogen) atoms. The van der Waals surface area contributed by atoms with Crippen LogP contribution in [0.2, 0.25) is 0 Å². The number of carbonyl (C=O) groups is 2. The second-order valence-corrected chi connectivity index (χ2v) is 8.01. The molecule has 0 saturated heterocycles. The summed E-state index contributed by atoms with van der Waals surface area (Å²) in [4.78, 5) is 42.0. The first-order valence-electron chi connectivity index (χ1n) is 8.91. The number of fused-ring (bicyclic) bond motifs is 1. The highest BCUT2D eigenvalue weighted by molar-refractivity contribution is 7.99. The zero-order chi connectivity index (χ0) is 21.8. The Bertz CT molecular complexity index is 1170. The first kappa shape index (κ1) is 21.7. The second kappa shape index (κ2) is 9.18. The number of ether oxygens (including phenoxy) is 2. The van der Waals surface area contributed by atoms with E-state index in [0.29, 0.717) is 33.3 Å². The number of thiophene rings is 1. The Balaban J connectivity index is 1.81. The van der Waals surface area contributed by atoms with E-state index in [4.69, 9.17) is 15.3 Å². The van der Waals surface area contributed by atoms with Crippen LogP contribution >= 0.6 is 23.1 Å². The van der Waals surface area contributed by atoms with E-state index < -0.39 is 11.5 Å². The quantitative estimate of drug-likeness (QED) is 0.244. The van der Waals surface area contributed by atoms with Crippen molar-refractivity contribution in [1.82, 2.24) is 9.66 Å². The van der Waals surface area contributed by atoms with Gasteiger partial charge in [-0.25, -0.2) is 14.5 Å². The molecule has 0 atom stereocenters. The first-order valence-corrected chi connectivity index (χ1v) is 10.7. The smallest absolute Gasteiger partial charge is 0.348 e. The molecule has 1 aromatic carbocycles. The lowest BCUT2D eigenvalue weighted by Gasteiger charge is -2.11. The van der Waals surface area contributed by atoms with Crippen LogP contribution in [0, 0.1) is 6.92 Å². The van der Waals surface area contributed by atoms with Crippen molar-refractivity contribution in [2.24, 2.45) is 0 Å². The van der Waals surface area contributed by atoms with Crippen molar-refractivity contribution in [3.63, 3.8) is 0 Å². The zero-order valence-corrected chi connectivity index (χ0v) is 18.2. The number of hydrogen-bond acceptors (Lipinski definition) is 9. The first-order chi connectivity index (χ1) is 14.4. The topological polar surface area (TPSA) is 126 Å². The number of amides is 1. The van der Waals surface area contributed by atoms with Gasteiger partial charge >= 0.3 is 5.97 Å². The standard InChI is InChI=1S/C19H20N4O5S2/c1-4-28-12-8-6-5-7-11(12)21-13(24)9-29-19-22-16-14(17(25)23(19)20)10(2)15(30-16)18(26)27-3/h5-8H,4,9,20H2,1-3H3,(H,21,24). The summed E-state index contributed by atoms with van der Waals surface area (Å²) in [5.41, 5.74) is 0.531. The average molecular weight is 449 g/mol. The molecule has 2 heterocycles. The molecule has 0 bridgehead atoms. The number of anilines is 1. The van der Waals surface area contributed by atoms with Crippen LogP contribution in [0.1, 0.15) is 22.2 Å². The largest absolute Gasteiger partial charge is 0.492 e. The van der Waals surface area contributed by atoms with E-state index in [2.05, 4.69) is 10.3 Å². The number of thioether (sulfide) groups is 1. The predicted molar refractivity (Wildman–Crippen MR) is 117 cm³/mol. The number of aryl methyl sites for hydroxylation is 1. The molecule has 0 radical (unpaired) electrons. The number of benzene rings is 1. The predicted octanol–water partition coefficient (Wildman–Crippen LogP) is 2.40. The van der Waals surface area contributed by atoms with Crippen LogP contribution in [0.25, 0.3) is 10.2 Å². The van der Waals surface area contributed by atoms with Crippen LogP contribution in [0.4, 0.5) is 5.69 Å². The van der Waals surface area contributed by atoms with Gasteiger partial charge in [0.15, 0.2) is 5.16 Å². The van der Waals surface area contributed by atoms with Crippen molar-refractivity contribution in [3.05, 3.63) is 45.1 Å². The molecule has 0 aliphatic heterocycles. The van der Waals surface area contributed by atoms with Gasteiger partial charge in [0.1, 0.15) is 15.5 Å². The van der Waals surface area contributed by atoms with E-state index in [1.165, 1.54) is 7.11 Å². The van der Waals surface area contributed by atoms with Gasteiger partial charge in [-0.2, -0.15) is 0 Å². The normalized spacial score (nSPS) is 10.8. The molecule has 1 amide bonds. The molecule has 0 aliphatic carbocycles. The summed E-state index contributed by atoms with van der Waals surface area (Å²) in [7, 11) is 1.27. The maximum Gasteiger partial charge on any atom is 0.348 e. The maximum atomic E-state index is 12.7. The Morgan fingerprint density at radius 3 is 2.77 bits per heavy atom. The molecule has 9 nitrogen and oxygen atoms in total. The third-order valence-corrected chi connectivity index (χ3v) is 6.25. The molecule has 0 fully saturated rings. The fourth-order valence-corrected chi connectivity index (χ4v) is 4.59. The fraction of sp³-hybridized carbons (Fsp3) is 0.263. The second-order valence-electron chi connectivity index (χ2n) is 6.06. The number of methoxy groups -OCH3 is 1. The summed E-state index contributed by atoms with van der Waals surface area (Å²) in [5, 5.41) is 3.20. The van der Waals surface area contributed by atoms with Gasteiger partial charge in [-0.1, -0.05) is 23.9 Å². The minimum atomic E-state index is -0.542. The van der Waals surface area contributed by atoms with Crippen molar-refractivity contribution < 1.29 is 19.1 Å². The highest BCUT2D eigenvalue weighted by Crippen LogP contribution is 2.29. The molecule has 3 rings (SSSR count). The summed E-state index contributed by atoms with van der Waals surface area (Å²) in [5.74, 6) is 5.59. The van der Waals surface area contributed by atoms with Crippen molar-refractivity contribution >= 4 is 50.9 Å². The molecule has 0 saturated carbocycles. The van der Waals surface area contributed by atoms with Crippen molar-refractivity contribution in [1.29, 1.82) is 0 Å². The Labute approximate surface area is 180 Å². The van der Waals surface area contributed by atoms with Crippen molar-refractivity contribution in [2.75, 3.05) is 30.6 Å². The van der Waals surface area contributed by atoms with E-state index in [-0.39, 0.29) is 22.2 Å². The molecule has 11 heteroatoms. The molecule has 158 valence electrons. The summed E-state index contributed by atoms with van der Waals surface area (Å²) < 4.78 is 11.1. The third kappa shape index (κ3) is 4.26. The van der Waals surface area contributed by atoms with Gasteiger partial charge in [-0.15, -0.1) is 11.3 Å². The lowest BCUT2D eigenvalue weighted by Crippen LogP contribution is -2.30. The number of nitrogens with zero attached hydrogens (tertiary/aromatic N) is 2. The van der Waals surface area contributed by atoms with E-state index in [0.717, 1.165) is 27.8 Å². The van der Waals surface area contributed by atoms with Crippen molar-refractivity contribution in [3.8, 4) is 5.75 Å². The molecule has 2 aromatic heterocycles. The number of nitrogen functional groups attached to an aromatic ring is 1. The average Bonchev–Trinajstić information content (AvgIpc) is 3.07. The Morgan fingerprint density at radius 2 is 2.07 bits per heavy atom. The van der Waals surface area contributed by atoms with Gasteiger partial charge in [0.25, 0.3) is 5.56 Å². The highest BCUT2D eigenvalue weighted by atomic mass is 32.2. The lowest BCUT2D eigenvalue weighted by molar-refractivity contribution is -0.113. The summed E-state index contributed by atoms with van der Waals surface area (Å²) in [6, 6.07) is 7.10. The fourth-order valence-electron chi connectivity index (χ4n) is 2.73. The van der Waals surface area contributed by atoms with Crippen molar-refractivity contribution in [2.45, 2.75) is 19.0 Å². The molecule has 0 unspecified atom stereocenters. The number of carbonyl (C=O) groups excluding carboxylic acids is 2. The maximum absolute atomic E-state index is 12.7. The molecule has 3 N–H and O–H groups in total. The summed E-state index contributed by atoms with van der Waals surface area (Å²) >= 11 is 2.07. The Morgan fingerprint density at radius 1 is 1.33 bits per heavy atom. The van der Waals surface area contributed by atoms with E-state index in [9.17, 15) is 14.4 Å². The molecular weight excluding hydrogens is 428 g/mol. The minimum absolute atomic E-state index is 0.0240. The third-order valence-electron chi connectivity index (χ3n) is 4.13. The number of rotatable bonds is 7. The summed E-state index contributed by atoms with van der Waals surface area (Å²) in [6.45, 7) is 3.97. The highest BCUT2D eigenvalue weighted by Gasteiger charge is 2.22. The molecular formula is C19H20N4O5S2. The van der Waals surface area contributed by atoms with Gasteiger partial charge in [0, 0.05) is 0 Å². The summed E-state index contributed by atoms with van der Waals surface area (Å²) in [6.07, 6.45) is 0. The number of aromatic nitrogens is 2. The Hall–Kier alpha value is -3.05. The number of nitrogens with one attached hydrogen (secondary N) is 1. The zero-order valence-electron chi connectivity index (χ0n) is 16.6. The number of hydrogen-bond donors (Lipinski definition) is 2.